The van der Waals surface area contributed by atoms with Gasteiger partial charge >= 0.3 is 6.03 Å². The van der Waals surface area contributed by atoms with Crippen molar-refractivity contribution in [2.45, 2.75) is 31.9 Å². The summed E-state index contributed by atoms with van der Waals surface area (Å²) < 4.78 is 37.4. The van der Waals surface area contributed by atoms with Crippen molar-refractivity contribution in [2.75, 3.05) is 32.8 Å². The van der Waals surface area contributed by atoms with Crippen LogP contribution in [0.5, 0.6) is 0 Å². The number of urea groups is 1. The number of hydrogen-bond donors (Lipinski definition) is 0. The molecule has 1 saturated heterocycles. The molecule has 7 rings (SSSR count). The molecule has 1 fully saturated rings. The third-order valence-corrected chi connectivity index (χ3v) is 8.12. The Morgan fingerprint density at radius 1 is 1.12 bits per heavy atom. The Morgan fingerprint density at radius 2 is 2.00 bits per heavy atom. The van der Waals surface area contributed by atoms with Crippen LogP contribution in [0.25, 0.3) is 27.7 Å². The van der Waals surface area contributed by atoms with E-state index in [1.165, 1.54) is 0 Å². The van der Waals surface area contributed by atoms with Crippen molar-refractivity contribution in [3.63, 3.8) is 0 Å². The molecular formula is C30H26F2N6O3. The third-order valence-electron chi connectivity index (χ3n) is 8.12. The lowest BCUT2D eigenvalue weighted by atomic mass is 9.97. The number of aromatic nitrogens is 3. The van der Waals surface area contributed by atoms with E-state index in [4.69, 9.17) is 4.74 Å². The normalized spacial score (nSPS) is 19.1. The van der Waals surface area contributed by atoms with Crippen LogP contribution in [0, 0.1) is 11.3 Å². The second kappa shape index (κ2) is 9.52. The summed E-state index contributed by atoms with van der Waals surface area (Å²) >= 11 is 0. The van der Waals surface area contributed by atoms with E-state index >= 15 is 0 Å². The number of hydrogen-bond acceptors (Lipinski definition) is 5. The summed E-state index contributed by atoms with van der Waals surface area (Å²) in [5.41, 5.74) is 5.97. The van der Waals surface area contributed by atoms with Gasteiger partial charge in [0, 0.05) is 61.5 Å². The number of carbonyl (C=O) groups excluding carboxylic acids is 2. The Kier molecular flexibility index (Phi) is 5.90. The van der Waals surface area contributed by atoms with E-state index < -0.39 is 25.1 Å². The Bertz CT molecular complexity index is 1810. The van der Waals surface area contributed by atoms with Gasteiger partial charge in [-0.1, -0.05) is 6.07 Å². The van der Waals surface area contributed by atoms with Crippen molar-refractivity contribution in [1.82, 2.24) is 23.8 Å². The topological polar surface area (TPSA) is 95.9 Å². The minimum Gasteiger partial charge on any atom is -0.373 e. The zero-order valence-electron chi connectivity index (χ0n) is 22.1. The highest BCUT2D eigenvalue weighted by molar-refractivity contribution is 6.31. The maximum atomic E-state index is 14.2. The molecule has 0 saturated carbocycles. The summed E-state index contributed by atoms with van der Waals surface area (Å²) in [6.07, 6.45) is 6.56. The lowest BCUT2D eigenvalue weighted by molar-refractivity contribution is -0.113. The van der Waals surface area contributed by atoms with Gasteiger partial charge in [-0.2, -0.15) is 5.26 Å². The molecule has 2 amide bonds. The number of fused-ring (bicyclic) bond motifs is 1. The average molecular weight is 557 g/mol. The number of alkyl halides is 2. The number of allylic oxidation sites excluding steroid dienone is 2. The van der Waals surface area contributed by atoms with Crippen molar-refractivity contribution < 1.29 is 23.1 Å². The van der Waals surface area contributed by atoms with E-state index in [9.17, 15) is 23.6 Å². The van der Waals surface area contributed by atoms with Crippen LogP contribution in [-0.2, 0) is 22.6 Å². The number of amides is 2. The molecule has 1 aliphatic carbocycles. The molecule has 41 heavy (non-hydrogen) atoms. The van der Waals surface area contributed by atoms with E-state index in [-0.39, 0.29) is 25.5 Å². The number of ether oxygens (including phenoxy) is 1. The predicted octanol–water partition coefficient (Wildman–Crippen LogP) is 4.34. The second-order valence-corrected chi connectivity index (χ2v) is 10.8. The molecule has 0 spiro atoms. The number of nitrogens with zero attached hydrogens (tertiary/aromatic N) is 6. The van der Waals surface area contributed by atoms with Gasteiger partial charge < -0.3 is 19.1 Å². The summed E-state index contributed by atoms with van der Waals surface area (Å²) in [5.74, 6) is -3.07. The van der Waals surface area contributed by atoms with Gasteiger partial charge in [-0.3, -0.25) is 9.20 Å². The molecule has 9 nitrogen and oxygen atoms in total. The highest BCUT2D eigenvalue weighted by Crippen LogP contribution is 2.42. The van der Waals surface area contributed by atoms with Crippen molar-refractivity contribution in [3.05, 3.63) is 71.3 Å². The quantitative estimate of drug-likeness (QED) is 0.366. The first-order valence-electron chi connectivity index (χ1n) is 13.6. The fourth-order valence-electron chi connectivity index (χ4n) is 6.31. The summed E-state index contributed by atoms with van der Waals surface area (Å²) in [6, 6.07) is 11.0. The first-order chi connectivity index (χ1) is 19.8. The summed E-state index contributed by atoms with van der Waals surface area (Å²) in [4.78, 5) is 33.9. The molecule has 3 aliphatic rings. The van der Waals surface area contributed by atoms with Gasteiger partial charge in [0.05, 0.1) is 42.2 Å². The van der Waals surface area contributed by atoms with Crippen LogP contribution in [0.1, 0.15) is 35.2 Å². The van der Waals surface area contributed by atoms with Gasteiger partial charge in [0.25, 0.3) is 5.92 Å². The van der Waals surface area contributed by atoms with Crippen LogP contribution in [-0.4, -0.2) is 74.3 Å². The molecule has 11 heteroatoms. The molecule has 5 heterocycles. The Morgan fingerprint density at radius 3 is 2.85 bits per heavy atom. The van der Waals surface area contributed by atoms with Gasteiger partial charge in [0.2, 0.25) is 0 Å². The van der Waals surface area contributed by atoms with Gasteiger partial charge in [0.15, 0.2) is 5.78 Å². The number of imidazole rings is 1. The second-order valence-electron chi connectivity index (χ2n) is 10.8. The van der Waals surface area contributed by atoms with Crippen LogP contribution in [0.15, 0.2) is 48.9 Å². The summed E-state index contributed by atoms with van der Waals surface area (Å²) in [6.45, 7) is -0.340. The Balaban J connectivity index is 1.32. The van der Waals surface area contributed by atoms with Crippen LogP contribution in [0.3, 0.4) is 0 Å². The van der Waals surface area contributed by atoms with E-state index in [1.54, 1.807) is 17.2 Å². The maximum Gasteiger partial charge on any atom is 0.320 e. The lowest BCUT2D eigenvalue weighted by Gasteiger charge is -2.30. The molecule has 1 aromatic carbocycles. The number of ketones is 1. The number of carbonyl (C=O) groups is 2. The Labute approximate surface area is 233 Å². The zero-order chi connectivity index (χ0) is 28.3. The largest absolute Gasteiger partial charge is 0.373 e. The van der Waals surface area contributed by atoms with Crippen LogP contribution in [0.2, 0.25) is 0 Å². The van der Waals surface area contributed by atoms with Crippen molar-refractivity contribution in [2.24, 2.45) is 0 Å². The van der Waals surface area contributed by atoms with Crippen LogP contribution < -0.4 is 0 Å². The number of pyridine rings is 1. The van der Waals surface area contributed by atoms with E-state index in [0.29, 0.717) is 37.1 Å². The first kappa shape index (κ1) is 25.4. The standard InChI is InChI=1S/C30H26F2N6O3/c31-30(32)17-37(9-10-41-18-30)29(40)36-8-7-35-16-23(22-12-19(13-33)11-20(15-36)28(22)35)21-4-5-25(39)27(21)24-14-34-26-3-1-2-6-38(24)26/h1-3,6,11-12,14,16H,4-5,7-10,15,17-18H2. The molecule has 4 aromatic rings. The number of rotatable bonds is 2. The summed E-state index contributed by atoms with van der Waals surface area (Å²) in [5, 5.41) is 10.7. The smallest absolute Gasteiger partial charge is 0.320 e. The van der Waals surface area contributed by atoms with Gasteiger partial charge in [-0.15, -0.1) is 0 Å². The zero-order valence-corrected chi connectivity index (χ0v) is 22.1. The monoisotopic (exact) mass is 556 g/mol. The molecule has 0 unspecified atom stereocenters. The molecule has 3 aromatic heterocycles. The van der Waals surface area contributed by atoms with Gasteiger partial charge in [-0.25, -0.2) is 18.6 Å². The maximum absolute atomic E-state index is 14.2. The SMILES string of the molecule is N#Cc1cc2c3c(c1)c(C1=C(c4cnc5ccccn45)C(=O)CC1)cn3CCN(C(=O)N1CCOCC(F)(F)C1)C2. The lowest BCUT2D eigenvalue weighted by Crippen LogP contribution is -2.48. The van der Waals surface area contributed by atoms with E-state index in [0.717, 1.165) is 43.8 Å². The molecule has 2 aliphatic heterocycles. The van der Waals surface area contributed by atoms with Crippen LogP contribution in [0.4, 0.5) is 13.6 Å². The first-order valence-corrected chi connectivity index (χ1v) is 13.6. The fraction of sp³-hybridized carbons (Fsp3) is 0.333. The molecule has 0 atom stereocenters. The highest BCUT2D eigenvalue weighted by atomic mass is 19.3. The Hall–Kier alpha value is -4.56. The van der Waals surface area contributed by atoms with Gasteiger partial charge in [0.1, 0.15) is 12.3 Å². The molecule has 0 radical (unpaired) electrons. The molecule has 0 N–H and O–H groups in total. The summed E-state index contributed by atoms with van der Waals surface area (Å²) in [7, 11) is 0. The van der Waals surface area contributed by atoms with E-state index in [1.807, 2.05) is 41.1 Å². The van der Waals surface area contributed by atoms with Crippen molar-refractivity contribution >= 4 is 39.5 Å². The minimum absolute atomic E-state index is 0.0466. The molecule has 0 bridgehead atoms. The molecule has 208 valence electrons. The van der Waals surface area contributed by atoms with Crippen molar-refractivity contribution in [1.29, 1.82) is 5.26 Å². The predicted molar refractivity (Wildman–Crippen MR) is 146 cm³/mol. The number of nitriles is 1. The van der Waals surface area contributed by atoms with E-state index in [2.05, 4.69) is 15.6 Å². The average Bonchev–Trinajstić information content (AvgIpc) is 3.58. The molecular weight excluding hydrogens is 530 g/mol. The fourth-order valence-corrected chi connectivity index (χ4v) is 6.31. The van der Waals surface area contributed by atoms with Gasteiger partial charge in [-0.05, 0) is 41.8 Å². The highest BCUT2D eigenvalue weighted by Gasteiger charge is 2.38. The number of benzene rings is 1. The third kappa shape index (κ3) is 4.26. The van der Waals surface area contributed by atoms with Crippen LogP contribution >= 0.6 is 0 Å². The minimum atomic E-state index is -3.11. The number of Topliss-reactive ketones (excluding diaryl/α,β-unsaturated/α-hetero) is 1. The van der Waals surface area contributed by atoms with Crippen molar-refractivity contribution in [3.8, 4) is 6.07 Å². The number of halogens is 2.